The Balaban J connectivity index is -0.00000242. The minimum atomic E-state index is -1.16. The van der Waals surface area contributed by atoms with Crippen LogP contribution in [0.5, 0.6) is 0 Å². The topological polar surface area (TPSA) is 89.6 Å². The number of aliphatic hydroxyl groups excluding tert-OH is 1. The first-order valence-corrected chi connectivity index (χ1v) is 9.17. The fraction of sp³-hybridized carbons (Fsp3) is 0.889. The SMILES string of the molecule is CCCCCCCCCCCCCC(=O)OC(=O)[C@@H](N)[C@@H](C)O.[H-].[K+]. The standard InChI is InChI=1S/C18H35NO4.K.H/c1-3-4-5-6-7-8-9-10-11-12-13-14-16(21)23-18(22)17(19)15(2)20;;/h15,17,20H,3-14,19H2,1-2H3;;/q;+1;-1/t15-,17+;;/m1../s1. The number of rotatable bonds is 14. The molecular formula is C18H36KNO4. The Labute approximate surface area is 191 Å². The molecule has 0 unspecified atom stereocenters. The molecule has 0 aliphatic heterocycles. The summed E-state index contributed by atoms with van der Waals surface area (Å²) in [5.41, 5.74) is 5.39. The number of hydrogen-bond acceptors (Lipinski definition) is 5. The number of nitrogens with two attached hydrogens (primary N) is 1. The largest absolute Gasteiger partial charge is 1.00 e. The van der Waals surface area contributed by atoms with E-state index < -0.39 is 24.1 Å². The van der Waals surface area contributed by atoms with E-state index in [0.717, 1.165) is 19.3 Å². The molecule has 3 N–H and O–H groups in total. The van der Waals surface area contributed by atoms with Gasteiger partial charge in [0.2, 0.25) is 0 Å². The molecule has 0 bridgehead atoms. The molecule has 0 aromatic rings. The van der Waals surface area contributed by atoms with Gasteiger partial charge in [0.1, 0.15) is 6.04 Å². The second-order valence-corrected chi connectivity index (χ2v) is 6.35. The van der Waals surface area contributed by atoms with Crippen molar-refractivity contribution in [2.45, 2.75) is 103 Å². The van der Waals surface area contributed by atoms with E-state index in [2.05, 4.69) is 11.7 Å². The zero-order chi connectivity index (χ0) is 17.5. The van der Waals surface area contributed by atoms with E-state index in [9.17, 15) is 9.59 Å². The van der Waals surface area contributed by atoms with Gasteiger partial charge in [0.05, 0.1) is 6.10 Å². The van der Waals surface area contributed by atoms with Gasteiger partial charge in [0.25, 0.3) is 0 Å². The molecular weight excluding hydrogens is 333 g/mol. The second kappa shape index (κ2) is 18.5. The van der Waals surface area contributed by atoms with E-state index in [1.54, 1.807) is 0 Å². The Bertz CT molecular complexity index is 330. The molecule has 0 aromatic heterocycles. The van der Waals surface area contributed by atoms with Crippen molar-refractivity contribution in [2.24, 2.45) is 5.73 Å². The first kappa shape index (κ1) is 26.9. The maximum absolute atomic E-state index is 11.5. The van der Waals surface area contributed by atoms with Gasteiger partial charge in [0, 0.05) is 6.42 Å². The molecule has 0 saturated heterocycles. The predicted octanol–water partition coefficient (Wildman–Crippen LogP) is 0.582. The molecule has 0 aromatic carbocycles. The van der Waals surface area contributed by atoms with Crippen LogP contribution in [0.25, 0.3) is 0 Å². The molecule has 24 heavy (non-hydrogen) atoms. The van der Waals surface area contributed by atoms with Crippen molar-refractivity contribution in [3.63, 3.8) is 0 Å². The van der Waals surface area contributed by atoms with Gasteiger partial charge in [-0.15, -0.1) is 0 Å². The van der Waals surface area contributed by atoms with E-state index in [4.69, 9.17) is 10.8 Å². The molecule has 0 spiro atoms. The Morgan fingerprint density at radius 3 is 1.79 bits per heavy atom. The predicted molar refractivity (Wildman–Crippen MR) is 92.9 cm³/mol. The maximum atomic E-state index is 11.5. The summed E-state index contributed by atoms with van der Waals surface area (Å²) in [4.78, 5) is 22.8. The van der Waals surface area contributed by atoms with Gasteiger partial charge < -0.3 is 17.0 Å². The third-order valence-corrected chi connectivity index (χ3v) is 3.99. The van der Waals surface area contributed by atoms with Crippen molar-refractivity contribution in [3.05, 3.63) is 0 Å². The molecule has 138 valence electrons. The van der Waals surface area contributed by atoms with E-state index >= 15 is 0 Å². The first-order valence-electron chi connectivity index (χ1n) is 9.17. The van der Waals surface area contributed by atoms with Gasteiger partial charge in [-0.05, 0) is 13.3 Å². The van der Waals surface area contributed by atoms with Crippen LogP contribution >= 0.6 is 0 Å². The van der Waals surface area contributed by atoms with E-state index in [-0.39, 0.29) is 59.2 Å². The second-order valence-electron chi connectivity index (χ2n) is 6.35. The monoisotopic (exact) mass is 369 g/mol. The van der Waals surface area contributed by atoms with Gasteiger partial charge in [-0.2, -0.15) is 0 Å². The number of carbonyl (C=O) groups excluding carboxylic acids is 2. The first-order chi connectivity index (χ1) is 11.0. The van der Waals surface area contributed by atoms with Crippen LogP contribution in [0.3, 0.4) is 0 Å². The normalized spacial score (nSPS) is 13.0. The van der Waals surface area contributed by atoms with E-state index in [1.165, 1.54) is 58.3 Å². The van der Waals surface area contributed by atoms with Crippen LogP contribution in [0.1, 0.15) is 92.3 Å². The van der Waals surface area contributed by atoms with Crippen LogP contribution in [-0.4, -0.2) is 29.2 Å². The molecule has 0 aliphatic carbocycles. The average Bonchev–Trinajstić information content (AvgIpc) is 2.51. The van der Waals surface area contributed by atoms with Gasteiger partial charge in [-0.3, -0.25) is 4.79 Å². The number of esters is 2. The molecule has 0 saturated carbocycles. The minimum absolute atomic E-state index is 0. The Morgan fingerprint density at radius 1 is 0.958 bits per heavy atom. The third-order valence-electron chi connectivity index (χ3n) is 3.99. The molecule has 0 amide bonds. The van der Waals surface area contributed by atoms with Crippen molar-refractivity contribution in [2.75, 3.05) is 0 Å². The zero-order valence-corrected chi connectivity index (χ0v) is 19.0. The number of hydrogen-bond donors (Lipinski definition) is 2. The average molecular weight is 370 g/mol. The fourth-order valence-corrected chi connectivity index (χ4v) is 2.36. The molecule has 0 heterocycles. The summed E-state index contributed by atoms with van der Waals surface area (Å²) in [6.07, 6.45) is 12.5. The minimum Gasteiger partial charge on any atom is -1.00 e. The molecule has 5 nitrogen and oxygen atoms in total. The van der Waals surface area contributed by atoms with Crippen LogP contribution < -0.4 is 57.1 Å². The molecule has 2 atom stereocenters. The van der Waals surface area contributed by atoms with E-state index in [1.807, 2.05) is 0 Å². The summed E-state index contributed by atoms with van der Waals surface area (Å²) in [6.45, 7) is 3.62. The smallest absolute Gasteiger partial charge is 1.00 e. The number of carbonyl (C=O) groups is 2. The van der Waals surface area contributed by atoms with Crippen LogP contribution in [0.4, 0.5) is 0 Å². The Hall–Kier alpha value is 0.696. The third kappa shape index (κ3) is 16.2. The number of aliphatic hydroxyl groups is 1. The van der Waals surface area contributed by atoms with Crippen LogP contribution in [0.2, 0.25) is 0 Å². The molecule has 6 heteroatoms. The Morgan fingerprint density at radius 2 is 1.38 bits per heavy atom. The van der Waals surface area contributed by atoms with Crippen molar-refractivity contribution in [1.82, 2.24) is 0 Å². The quantitative estimate of drug-likeness (QED) is 0.202. The van der Waals surface area contributed by atoms with E-state index in [0.29, 0.717) is 0 Å². The summed E-state index contributed by atoms with van der Waals surface area (Å²) in [5, 5.41) is 9.14. The fourth-order valence-electron chi connectivity index (χ4n) is 2.36. The van der Waals surface area contributed by atoms with Crippen LogP contribution in [0, 0.1) is 0 Å². The molecule has 0 rings (SSSR count). The number of ether oxygens (including phenoxy) is 1. The van der Waals surface area contributed by atoms with Crippen molar-refractivity contribution < 1.29 is 72.2 Å². The molecule has 0 radical (unpaired) electrons. The van der Waals surface area contributed by atoms with Crippen LogP contribution in [0.15, 0.2) is 0 Å². The van der Waals surface area contributed by atoms with Crippen molar-refractivity contribution in [3.8, 4) is 0 Å². The summed E-state index contributed by atoms with van der Waals surface area (Å²) < 4.78 is 4.60. The Kier molecular flexibility index (Phi) is 20.7. The summed E-state index contributed by atoms with van der Waals surface area (Å²) in [5.74, 6) is -1.41. The summed E-state index contributed by atoms with van der Waals surface area (Å²) in [7, 11) is 0. The van der Waals surface area contributed by atoms with Gasteiger partial charge >= 0.3 is 63.3 Å². The molecule has 0 fully saturated rings. The molecule has 0 aliphatic rings. The van der Waals surface area contributed by atoms with Gasteiger partial charge in [-0.25, -0.2) is 4.79 Å². The maximum Gasteiger partial charge on any atom is 1.00 e. The van der Waals surface area contributed by atoms with Crippen molar-refractivity contribution >= 4 is 11.9 Å². The summed E-state index contributed by atoms with van der Waals surface area (Å²) in [6, 6.07) is -1.16. The number of unbranched alkanes of at least 4 members (excludes halogenated alkanes) is 10. The van der Waals surface area contributed by atoms with Gasteiger partial charge in [0.15, 0.2) is 0 Å². The van der Waals surface area contributed by atoms with Crippen LogP contribution in [-0.2, 0) is 14.3 Å². The summed E-state index contributed by atoms with van der Waals surface area (Å²) >= 11 is 0. The van der Waals surface area contributed by atoms with Crippen molar-refractivity contribution in [1.29, 1.82) is 0 Å². The van der Waals surface area contributed by atoms with Gasteiger partial charge in [-0.1, -0.05) is 71.1 Å². The zero-order valence-electron chi connectivity index (χ0n) is 16.9.